The minimum Gasteiger partial charge on any atom is -0.389 e. The highest BCUT2D eigenvalue weighted by Crippen LogP contribution is 2.43. The van der Waals surface area contributed by atoms with Crippen LogP contribution >= 0.6 is 7.82 Å². The van der Waals surface area contributed by atoms with Crippen molar-refractivity contribution in [3.8, 4) is 0 Å². The number of phosphoric acid groups is 1. The van der Waals surface area contributed by atoms with Gasteiger partial charge in [-0.25, -0.2) is 4.57 Å². The number of carbonyl (C=O) groups excluding carboxylic acids is 1. The van der Waals surface area contributed by atoms with Crippen molar-refractivity contribution >= 4 is 13.7 Å². The number of aliphatic hydroxyl groups excluding tert-OH is 2. The number of phosphoric ester groups is 1. The SMILES string of the molecule is CCCCC/C=C/CC/C=C/C(O)C(COP(=O)(O)OCCN)NC(=O)CC(O)/C=C\C/C=C\CCCCCCCC. The molecule has 0 aromatic carbocycles. The first-order chi connectivity index (χ1) is 20.3. The molecule has 0 bridgehead atoms. The molecule has 0 saturated heterocycles. The zero-order valence-corrected chi connectivity index (χ0v) is 27.0. The zero-order valence-electron chi connectivity index (χ0n) is 26.1. The fourth-order valence-corrected chi connectivity index (χ4v) is 4.77. The first-order valence-electron chi connectivity index (χ1n) is 15.9. The van der Waals surface area contributed by atoms with E-state index < -0.39 is 38.6 Å². The predicted molar refractivity (Wildman–Crippen MR) is 172 cm³/mol. The van der Waals surface area contributed by atoms with E-state index in [9.17, 15) is 24.5 Å². The molecule has 1 amide bonds. The fourth-order valence-electron chi connectivity index (χ4n) is 4.01. The van der Waals surface area contributed by atoms with Gasteiger partial charge in [0, 0.05) is 6.54 Å². The minimum absolute atomic E-state index is 0.0345. The number of allylic oxidation sites excluding steroid dienone is 6. The molecule has 4 unspecified atom stereocenters. The van der Waals surface area contributed by atoms with E-state index in [1.165, 1.54) is 63.9 Å². The van der Waals surface area contributed by atoms with E-state index in [1.807, 2.05) is 12.2 Å². The van der Waals surface area contributed by atoms with Gasteiger partial charge in [-0.05, 0) is 44.9 Å². The third-order valence-corrected chi connectivity index (χ3v) is 7.42. The average Bonchev–Trinajstić information content (AvgIpc) is 2.96. The highest BCUT2D eigenvalue weighted by molar-refractivity contribution is 7.47. The lowest BCUT2D eigenvalue weighted by molar-refractivity contribution is -0.124. The molecule has 0 saturated carbocycles. The summed E-state index contributed by atoms with van der Waals surface area (Å²) in [6.45, 7) is 3.77. The third-order valence-electron chi connectivity index (χ3n) is 6.44. The second-order valence-corrected chi connectivity index (χ2v) is 11.9. The van der Waals surface area contributed by atoms with Gasteiger partial charge >= 0.3 is 7.82 Å². The highest BCUT2D eigenvalue weighted by Gasteiger charge is 2.27. The Morgan fingerprint density at radius 2 is 1.40 bits per heavy atom. The van der Waals surface area contributed by atoms with Crippen molar-refractivity contribution in [2.24, 2.45) is 5.73 Å². The molecule has 0 aromatic rings. The van der Waals surface area contributed by atoms with Crippen LogP contribution in [0, 0.1) is 0 Å². The Bertz CT molecular complexity index is 817. The topological polar surface area (TPSA) is 151 Å². The van der Waals surface area contributed by atoms with Crippen molar-refractivity contribution in [2.45, 2.75) is 128 Å². The molecule has 0 aliphatic rings. The van der Waals surface area contributed by atoms with Crippen LogP contribution in [0.5, 0.6) is 0 Å². The summed E-state index contributed by atoms with van der Waals surface area (Å²) in [6, 6.07) is -1.03. The van der Waals surface area contributed by atoms with Gasteiger partial charge in [0.15, 0.2) is 0 Å². The lowest BCUT2D eigenvalue weighted by Crippen LogP contribution is -2.46. The van der Waals surface area contributed by atoms with Crippen LogP contribution in [0.2, 0.25) is 0 Å². The number of nitrogens with one attached hydrogen (secondary N) is 1. The Labute approximate surface area is 255 Å². The normalized spacial score (nSPS) is 16.0. The first kappa shape index (κ1) is 40.4. The molecule has 0 rings (SSSR count). The largest absolute Gasteiger partial charge is 0.472 e. The van der Waals surface area contributed by atoms with Crippen LogP contribution in [0.4, 0.5) is 0 Å². The molecule has 0 radical (unpaired) electrons. The summed E-state index contributed by atoms with van der Waals surface area (Å²) < 4.78 is 21.8. The third kappa shape index (κ3) is 26.1. The monoisotopic (exact) mass is 614 g/mol. The van der Waals surface area contributed by atoms with Gasteiger partial charge in [-0.3, -0.25) is 13.8 Å². The molecule has 244 valence electrons. The summed E-state index contributed by atoms with van der Waals surface area (Å²) >= 11 is 0. The molecule has 6 N–H and O–H groups in total. The Hall–Kier alpha value is -1.58. The quantitative estimate of drug-likeness (QED) is 0.0386. The van der Waals surface area contributed by atoms with Crippen LogP contribution in [-0.2, 0) is 18.4 Å². The van der Waals surface area contributed by atoms with Crippen molar-refractivity contribution in [1.82, 2.24) is 5.32 Å². The van der Waals surface area contributed by atoms with E-state index in [0.29, 0.717) is 12.8 Å². The minimum atomic E-state index is -4.40. The molecule has 0 fully saturated rings. The molecule has 0 aliphatic heterocycles. The summed E-state index contributed by atoms with van der Waals surface area (Å²) in [6.07, 6.45) is 28.1. The maximum atomic E-state index is 12.6. The van der Waals surface area contributed by atoms with Crippen molar-refractivity contribution in [3.63, 3.8) is 0 Å². The van der Waals surface area contributed by atoms with E-state index in [4.69, 9.17) is 14.8 Å². The Balaban J connectivity index is 4.74. The van der Waals surface area contributed by atoms with E-state index in [0.717, 1.165) is 19.3 Å². The number of carbonyl (C=O) groups is 1. The Morgan fingerprint density at radius 1 is 0.810 bits per heavy atom. The lowest BCUT2D eigenvalue weighted by Gasteiger charge is -2.23. The number of hydrogen-bond donors (Lipinski definition) is 5. The first-order valence-corrected chi connectivity index (χ1v) is 17.4. The van der Waals surface area contributed by atoms with E-state index in [2.05, 4.69) is 37.4 Å². The maximum Gasteiger partial charge on any atom is 0.472 e. The standard InChI is InChI=1S/C32H59N2O7P/c1-3-5-7-9-11-13-14-16-17-19-21-23-29(35)27-32(37)34-30(28-41-42(38,39)40-26-25-33)31(36)24-22-20-18-15-12-10-8-6-4-2/h12,15-17,21-24,29-31,35-36H,3-11,13-14,18-20,25-28,33H2,1-2H3,(H,34,37)(H,38,39)/b15-12+,17-16-,23-21-,24-22+. The molecule has 0 heterocycles. The Morgan fingerprint density at radius 3 is 2.12 bits per heavy atom. The number of nitrogens with two attached hydrogens (primary N) is 1. The molecule has 0 spiro atoms. The summed E-state index contributed by atoms with van der Waals surface area (Å²) in [5.74, 6) is -0.530. The number of aliphatic hydroxyl groups is 2. The maximum absolute atomic E-state index is 12.6. The average molecular weight is 615 g/mol. The molecule has 4 atom stereocenters. The van der Waals surface area contributed by atoms with Gasteiger partial charge < -0.3 is 26.2 Å². The predicted octanol–water partition coefficient (Wildman–Crippen LogP) is 6.40. The van der Waals surface area contributed by atoms with Gasteiger partial charge in [0.25, 0.3) is 0 Å². The second-order valence-electron chi connectivity index (χ2n) is 10.5. The summed E-state index contributed by atoms with van der Waals surface area (Å²) in [4.78, 5) is 22.4. The second kappa shape index (κ2) is 28.2. The van der Waals surface area contributed by atoms with Gasteiger partial charge in [-0.15, -0.1) is 0 Å². The number of hydrogen-bond acceptors (Lipinski definition) is 7. The zero-order chi connectivity index (χ0) is 31.3. The molecule has 42 heavy (non-hydrogen) atoms. The summed E-state index contributed by atoms with van der Waals surface area (Å²) in [7, 11) is -4.40. The van der Waals surface area contributed by atoms with E-state index in [-0.39, 0.29) is 19.6 Å². The molecular formula is C32H59N2O7P. The lowest BCUT2D eigenvalue weighted by atomic mass is 10.1. The van der Waals surface area contributed by atoms with Crippen LogP contribution in [-0.4, -0.2) is 59.0 Å². The van der Waals surface area contributed by atoms with Crippen LogP contribution in [0.3, 0.4) is 0 Å². The highest BCUT2D eigenvalue weighted by atomic mass is 31.2. The summed E-state index contributed by atoms with van der Waals surface area (Å²) in [5.41, 5.74) is 5.30. The van der Waals surface area contributed by atoms with Crippen molar-refractivity contribution in [3.05, 3.63) is 48.6 Å². The number of amides is 1. The van der Waals surface area contributed by atoms with Crippen molar-refractivity contribution in [2.75, 3.05) is 19.8 Å². The molecule has 0 aliphatic carbocycles. The summed E-state index contributed by atoms with van der Waals surface area (Å²) in [5, 5.41) is 23.5. The van der Waals surface area contributed by atoms with Crippen molar-refractivity contribution < 1.29 is 33.5 Å². The Kier molecular flexibility index (Phi) is 27.1. The van der Waals surface area contributed by atoms with E-state index in [1.54, 1.807) is 12.2 Å². The molecular weight excluding hydrogens is 555 g/mol. The van der Waals surface area contributed by atoms with Gasteiger partial charge in [0.1, 0.15) is 0 Å². The smallest absolute Gasteiger partial charge is 0.389 e. The van der Waals surface area contributed by atoms with Crippen LogP contribution < -0.4 is 11.1 Å². The molecule has 10 heteroatoms. The fraction of sp³-hybridized carbons (Fsp3) is 0.719. The van der Waals surface area contributed by atoms with Gasteiger partial charge in [-0.1, -0.05) is 107 Å². The van der Waals surface area contributed by atoms with Crippen molar-refractivity contribution in [1.29, 1.82) is 0 Å². The van der Waals surface area contributed by atoms with E-state index >= 15 is 0 Å². The molecule has 9 nitrogen and oxygen atoms in total. The van der Waals surface area contributed by atoms with Gasteiger partial charge in [0.05, 0.1) is 37.9 Å². The van der Waals surface area contributed by atoms with Gasteiger partial charge in [-0.2, -0.15) is 0 Å². The number of unbranched alkanes of at least 4 members (excludes halogenated alkanes) is 10. The van der Waals surface area contributed by atoms with Crippen LogP contribution in [0.1, 0.15) is 110 Å². The van der Waals surface area contributed by atoms with Gasteiger partial charge in [0.2, 0.25) is 5.91 Å². The number of rotatable bonds is 28. The molecule has 0 aromatic heterocycles. The van der Waals surface area contributed by atoms with Crippen LogP contribution in [0.25, 0.3) is 0 Å². The van der Waals surface area contributed by atoms with Crippen LogP contribution in [0.15, 0.2) is 48.6 Å².